The molecule has 2 aromatic carbocycles. The zero-order chi connectivity index (χ0) is 24.0. The molecule has 0 aromatic heterocycles. The number of carbonyl (C=O) groups is 2. The Balaban J connectivity index is 0.000000968. The third kappa shape index (κ3) is 10.5. The van der Waals surface area contributed by atoms with Gasteiger partial charge in [-0.15, -0.1) is 0 Å². The minimum Gasteiger partial charge on any atom is -0.493 e. The summed E-state index contributed by atoms with van der Waals surface area (Å²) >= 11 is 0. The minimum absolute atomic E-state index is 0.0122. The maximum Gasteiger partial charge on any atom is 0.417 e. The summed E-state index contributed by atoms with van der Waals surface area (Å²) in [5.74, 6) is -1.30. The lowest BCUT2D eigenvalue weighted by Crippen LogP contribution is -2.19. The van der Waals surface area contributed by atoms with Crippen molar-refractivity contribution in [1.29, 1.82) is 0 Å². The number of amides is 1. The molecule has 6 nitrogen and oxygen atoms in total. The number of nitrogens with one attached hydrogen (secondary N) is 1. The largest absolute Gasteiger partial charge is 0.493 e. The molecule has 2 aromatic rings. The zero-order valence-corrected chi connectivity index (χ0v) is 18.2. The van der Waals surface area contributed by atoms with E-state index in [-0.39, 0.29) is 18.1 Å². The van der Waals surface area contributed by atoms with Crippen molar-refractivity contribution >= 4 is 12.2 Å². The first-order valence-corrected chi connectivity index (χ1v) is 9.34. The molecule has 31 heavy (non-hydrogen) atoms. The molecule has 0 bridgehead atoms. The summed E-state index contributed by atoms with van der Waals surface area (Å²) in [4.78, 5) is 20.1. The van der Waals surface area contributed by atoms with Gasteiger partial charge in [0.2, 0.25) is 5.91 Å². The standard InChI is InChI=1S/C16H14F3NO3.C4H11N.C2H4O/c1-22-13-8-12(16(17,18)19)11(15(20)21)7-14(13)23-9-10-5-3-2-4-6-10;1-4(2)5-3;1-2-3/h2-8H,9H2,1H3,(H2,20,21);4-5H,1-3H3;2H,1H3. The number of hydrogen-bond donors (Lipinski definition) is 2. The maximum absolute atomic E-state index is 13.0. The van der Waals surface area contributed by atoms with Crippen LogP contribution in [0, 0.1) is 0 Å². The lowest BCUT2D eigenvalue weighted by atomic mass is 10.1. The van der Waals surface area contributed by atoms with Crippen LogP contribution in [0.5, 0.6) is 11.5 Å². The predicted octanol–water partition coefficient (Wildman–Crippen LogP) is 4.21. The van der Waals surface area contributed by atoms with E-state index in [1.54, 1.807) is 24.3 Å². The van der Waals surface area contributed by atoms with E-state index in [9.17, 15) is 18.0 Å². The Labute approximate surface area is 180 Å². The lowest BCUT2D eigenvalue weighted by molar-refractivity contribution is -0.138. The highest BCUT2D eigenvalue weighted by atomic mass is 19.4. The first-order valence-electron chi connectivity index (χ1n) is 9.34. The van der Waals surface area contributed by atoms with Crippen molar-refractivity contribution in [3.05, 3.63) is 59.2 Å². The van der Waals surface area contributed by atoms with E-state index in [0.717, 1.165) is 17.9 Å². The number of alkyl halides is 3. The number of methoxy groups -OCH3 is 1. The van der Waals surface area contributed by atoms with Crippen LogP contribution in [0.2, 0.25) is 0 Å². The highest BCUT2D eigenvalue weighted by Gasteiger charge is 2.36. The van der Waals surface area contributed by atoms with Crippen LogP contribution >= 0.6 is 0 Å². The lowest BCUT2D eigenvalue weighted by Gasteiger charge is -2.16. The molecule has 0 fully saturated rings. The molecule has 0 aliphatic rings. The summed E-state index contributed by atoms with van der Waals surface area (Å²) in [7, 11) is 3.17. The highest BCUT2D eigenvalue weighted by molar-refractivity contribution is 5.95. The number of carbonyl (C=O) groups excluding carboxylic acids is 2. The van der Waals surface area contributed by atoms with Gasteiger partial charge in [0.15, 0.2) is 11.5 Å². The predicted molar refractivity (Wildman–Crippen MR) is 113 cm³/mol. The summed E-state index contributed by atoms with van der Waals surface area (Å²) in [6.45, 7) is 5.78. The summed E-state index contributed by atoms with van der Waals surface area (Å²) in [6.07, 6.45) is -3.98. The molecule has 1 amide bonds. The summed E-state index contributed by atoms with van der Waals surface area (Å²) in [6, 6.07) is 11.3. The topological polar surface area (TPSA) is 90.6 Å². The Morgan fingerprint density at radius 3 is 2.06 bits per heavy atom. The molecule has 9 heteroatoms. The molecule has 0 unspecified atom stereocenters. The van der Waals surface area contributed by atoms with Crippen LogP contribution in [0.1, 0.15) is 42.3 Å². The molecular formula is C22H29F3N2O4. The van der Waals surface area contributed by atoms with Crippen LogP contribution in [-0.4, -0.2) is 32.4 Å². The summed E-state index contributed by atoms with van der Waals surface area (Å²) in [5, 5.41) is 3.03. The molecule has 3 N–H and O–H groups in total. The molecule has 0 aliphatic heterocycles. The Bertz CT molecular complexity index is 810. The molecule has 0 radical (unpaired) electrons. The van der Waals surface area contributed by atoms with Gasteiger partial charge in [0.1, 0.15) is 12.9 Å². The highest BCUT2D eigenvalue weighted by Crippen LogP contribution is 2.39. The number of ether oxygens (including phenoxy) is 2. The first-order chi connectivity index (χ1) is 14.5. The van der Waals surface area contributed by atoms with Gasteiger partial charge in [0.05, 0.1) is 18.2 Å². The van der Waals surface area contributed by atoms with Gasteiger partial charge in [-0.2, -0.15) is 13.2 Å². The number of benzene rings is 2. The van der Waals surface area contributed by atoms with Crippen molar-refractivity contribution < 1.29 is 32.2 Å². The van der Waals surface area contributed by atoms with Gasteiger partial charge in [-0.1, -0.05) is 44.2 Å². The number of nitrogens with two attached hydrogens (primary N) is 1. The Hall–Kier alpha value is -3.07. The average molecular weight is 442 g/mol. The van der Waals surface area contributed by atoms with Gasteiger partial charge in [-0.25, -0.2) is 0 Å². The number of halogens is 3. The molecule has 0 aliphatic carbocycles. The SMILES string of the molecule is CC=O.CNC(C)C.COc1cc(C(F)(F)F)c(C(N)=O)cc1OCc1ccccc1. The van der Waals surface area contributed by atoms with E-state index in [1.165, 1.54) is 14.0 Å². The van der Waals surface area contributed by atoms with Crippen molar-refractivity contribution in [1.82, 2.24) is 5.32 Å². The van der Waals surface area contributed by atoms with E-state index in [1.807, 2.05) is 13.1 Å². The van der Waals surface area contributed by atoms with Crippen LogP contribution in [0.3, 0.4) is 0 Å². The van der Waals surface area contributed by atoms with Gasteiger partial charge < -0.3 is 25.3 Å². The first kappa shape index (κ1) is 27.9. The average Bonchev–Trinajstić information content (AvgIpc) is 2.72. The fourth-order valence-corrected chi connectivity index (χ4v) is 2.01. The van der Waals surface area contributed by atoms with Crippen LogP contribution in [0.4, 0.5) is 13.2 Å². The fourth-order valence-electron chi connectivity index (χ4n) is 2.01. The third-order valence-corrected chi connectivity index (χ3v) is 3.69. The fraction of sp³-hybridized carbons (Fsp3) is 0.364. The van der Waals surface area contributed by atoms with Crippen LogP contribution in [0.15, 0.2) is 42.5 Å². The van der Waals surface area contributed by atoms with Gasteiger partial charge >= 0.3 is 6.18 Å². The molecule has 0 heterocycles. The van der Waals surface area contributed by atoms with E-state index in [0.29, 0.717) is 12.1 Å². The molecule has 2 rings (SSSR count). The molecule has 0 saturated heterocycles. The van der Waals surface area contributed by atoms with Crippen molar-refractivity contribution in [2.24, 2.45) is 5.73 Å². The van der Waals surface area contributed by atoms with E-state index in [4.69, 9.17) is 20.0 Å². The molecule has 0 saturated carbocycles. The normalized spacial score (nSPS) is 10.2. The van der Waals surface area contributed by atoms with Crippen molar-refractivity contribution in [2.75, 3.05) is 14.2 Å². The summed E-state index contributed by atoms with van der Waals surface area (Å²) < 4.78 is 49.4. The second-order valence-electron chi connectivity index (χ2n) is 6.36. The van der Waals surface area contributed by atoms with Crippen LogP contribution in [-0.2, 0) is 17.6 Å². The second kappa shape index (κ2) is 14.0. The number of rotatable bonds is 6. The van der Waals surface area contributed by atoms with E-state index in [2.05, 4.69) is 19.2 Å². The zero-order valence-electron chi connectivity index (χ0n) is 18.2. The van der Waals surface area contributed by atoms with Crippen LogP contribution < -0.4 is 20.5 Å². The quantitative estimate of drug-likeness (QED) is 0.654. The Morgan fingerprint density at radius 1 is 1.16 bits per heavy atom. The maximum atomic E-state index is 13.0. The Morgan fingerprint density at radius 2 is 1.68 bits per heavy atom. The molecule has 0 atom stereocenters. The molecule has 0 spiro atoms. The van der Waals surface area contributed by atoms with Crippen molar-refractivity contribution in [2.45, 2.75) is 39.6 Å². The van der Waals surface area contributed by atoms with E-state index < -0.39 is 23.2 Å². The van der Waals surface area contributed by atoms with Gasteiger partial charge in [0, 0.05) is 6.04 Å². The number of primary amides is 1. The number of aldehydes is 1. The van der Waals surface area contributed by atoms with Crippen molar-refractivity contribution in [3.63, 3.8) is 0 Å². The second-order valence-corrected chi connectivity index (χ2v) is 6.36. The molecular weight excluding hydrogens is 413 g/mol. The van der Waals surface area contributed by atoms with Crippen molar-refractivity contribution in [3.8, 4) is 11.5 Å². The smallest absolute Gasteiger partial charge is 0.417 e. The minimum atomic E-state index is -4.73. The third-order valence-electron chi connectivity index (χ3n) is 3.69. The van der Waals surface area contributed by atoms with E-state index >= 15 is 0 Å². The monoisotopic (exact) mass is 442 g/mol. The van der Waals surface area contributed by atoms with Gasteiger partial charge in [-0.05, 0) is 31.7 Å². The summed E-state index contributed by atoms with van der Waals surface area (Å²) in [5.41, 5.74) is 4.03. The Kier molecular flexibility index (Phi) is 12.6. The van der Waals surface area contributed by atoms with Gasteiger partial charge in [0.25, 0.3) is 0 Å². The van der Waals surface area contributed by atoms with Crippen LogP contribution in [0.25, 0.3) is 0 Å². The number of hydrogen-bond acceptors (Lipinski definition) is 5. The van der Waals surface area contributed by atoms with Gasteiger partial charge in [-0.3, -0.25) is 4.79 Å². The molecule has 172 valence electrons.